The number of carbonyl (C=O) groups is 1. The summed E-state index contributed by atoms with van der Waals surface area (Å²) in [6.45, 7) is 1.20. The smallest absolute Gasteiger partial charge is 0.255 e. The summed E-state index contributed by atoms with van der Waals surface area (Å²) >= 11 is 5.96. The molecule has 0 aliphatic carbocycles. The summed E-state index contributed by atoms with van der Waals surface area (Å²) in [5.74, 6) is 0.0710. The number of ether oxygens (including phenoxy) is 2. The monoisotopic (exact) mass is 343 g/mol. The van der Waals surface area contributed by atoms with E-state index >= 15 is 0 Å². The molecule has 0 bridgehead atoms. The molecule has 1 saturated heterocycles. The largest absolute Gasteiger partial charge is 0.472 e. The number of pyridine rings is 1. The molecule has 2 heterocycles. The van der Waals surface area contributed by atoms with E-state index < -0.39 is 0 Å². The Morgan fingerprint density at radius 3 is 3.00 bits per heavy atom. The normalized spacial score (nSPS) is 16.4. The predicted molar refractivity (Wildman–Crippen MR) is 88.2 cm³/mol. The zero-order valence-corrected chi connectivity index (χ0v) is 13.4. The third-order valence-corrected chi connectivity index (χ3v) is 3.83. The third kappa shape index (κ3) is 3.82. The predicted octanol–water partition coefficient (Wildman–Crippen LogP) is 3.03. The van der Waals surface area contributed by atoms with Gasteiger partial charge in [-0.1, -0.05) is 11.6 Å². The van der Waals surface area contributed by atoms with E-state index in [1.165, 1.54) is 12.3 Å². The molecular weight excluding hydrogens is 330 g/mol. The molecule has 7 heteroatoms. The maximum atomic E-state index is 12.3. The van der Waals surface area contributed by atoms with Crippen LogP contribution in [0.15, 0.2) is 36.5 Å². The fourth-order valence-corrected chi connectivity index (χ4v) is 2.50. The lowest BCUT2D eigenvalue weighted by molar-refractivity contribution is 0.102. The van der Waals surface area contributed by atoms with Crippen LogP contribution in [0.2, 0.25) is 5.02 Å². The van der Waals surface area contributed by atoms with Crippen molar-refractivity contribution < 1.29 is 14.3 Å². The highest BCUT2D eigenvalue weighted by Crippen LogP contribution is 2.21. The van der Waals surface area contributed by atoms with Gasteiger partial charge in [-0.3, -0.25) is 4.79 Å². The average Bonchev–Trinajstić information content (AvgIpc) is 3.08. The van der Waals surface area contributed by atoms with Gasteiger partial charge in [0.1, 0.15) is 12.2 Å². The Morgan fingerprint density at radius 1 is 1.42 bits per heavy atom. The van der Waals surface area contributed by atoms with Gasteiger partial charge in [0.05, 0.1) is 23.8 Å². The lowest BCUT2D eigenvalue weighted by Crippen LogP contribution is -2.17. The third-order valence-electron chi connectivity index (χ3n) is 3.52. The molecule has 1 unspecified atom stereocenters. The number of benzene rings is 1. The van der Waals surface area contributed by atoms with E-state index in [0.717, 1.165) is 6.42 Å². The molecule has 2 aromatic rings. The fraction of sp³-hybridized carbons (Fsp3) is 0.235. The van der Waals surface area contributed by atoms with Crippen LogP contribution >= 0.6 is 11.6 Å². The van der Waals surface area contributed by atoms with Crippen molar-refractivity contribution in [3.05, 3.63) is 52.7 Å². The minimum atomic E-state index is -0.314. The molecule has 24 heavy (non-hydrogen) atoms. The van der Waals surface area contributed by atoms with Crippen LogP contribution < -0.4 is 10.1 Å². The first-order chi connectivity index (χ1) is 11.7. The van der Waals surface area contributed by atoms with Crippen molar-refractivity contribution in [3.63, 3.8) is 0 Å². The Kier molecular flexibility index (Phi) is 4.94. The Morgan fingerprint density at radius 2 is 2.29 bits per heavy atom. The van der Waals surface area contributed by atoms with Crippen LogP contribution in [0, 0.1) is 11.3 Å². The van der Waals surface area contributed by atoms with Crippen molar-refractivity contribution in [3.8, 4) is 11.9 Å². The summed E-state index contributed by atoms with van der Waals surface area (Å²) in [6.07, 6.45) is 2.29. The van der Waals surface area contributed by atoms with Gasteiger partial charge < -0.3 is 14.8 Å². The Hall–Kier alpha value is -2.62. The molecule has 1 amide bonds. The molecule has 1 aliphatic rings. The summed E-state index contributed by atoms with van der Waals surface area (Å²) in [4.78, 5) is 16.5. The van der Waals surface area contributed by atoms with E-state index in [4.69, 9.17) is 26.3 Å². The average molecular weight is 344 g/mol. The minimum absolute atomic E-state index is 0.0341. The number of nitrogens with zero attached hydrogens (tertiary/aromatic N) is 2. The molecule has 1 fully saturated rings. The SMILES string of the molecule is N#Cc1ccc(NC(=O)c2ccnc(OC3CCOC3)c2)cc1Cl. The first-order valence-corrected chi connectivity index (χ1v) is 7.75. The molecule has 0 saturated carbocycles. The number of carbonyl (C=O) groups excluding carboxylic acids is 1. The fourth-order valence-electron chi connectivity index (χ4n) is 2.28. The van der Waals surface area contributed by atoms with Crippen LogP contribution in [0.4, 0.5) is 5.69 Å². The number of aromatic nitrogens is 1. The molecule has 3 rings (SSSR count). The van der Waals surface area contributed by atoms with Gasteiger partial charge in [0, 0.05) is 29.9 Å². The van der Waals surface area contributed by atoms with Crippen LogP contribution in [-0.4, -0.2) is 30.2 Å². The molecule has 6 nitrogen and oxygen atoms in total. The number of hydrogen-bond donors (Lipinski definition) is 1. The maximum Gasteiger partial charge on any atom is 0.255 e. The maximum absolute atomic E-state index is 12.3. The van der Waals surface area contributed by atoms with Gasteiger partial charge in [-0.2, -0.15) is 5.26 Å². The second-order valence-corrected chi connectivity index (χ2v) is 5.65. The highest BCUT2D eigenvalue weighted by Gasteiger charge is 2.18. The van der Waals surface area contributed by atoms with Gasteiger partial charge in [0.2, 0.25) is 5.88 Å². The molecular formula is C17H14ClN3O3. The Balaban J connectivity index is 1.70. The van der Waals surface area contributed by atoms with E-state index in [1.807, 2.05) is 6.07 Å². The van der Waals surface area contributed by atoms with E-state index in [0.29, 0.717) is 35.9 Å². The molecule has 1 aromatic carbocycles. The van der Waals surface area contributed by atoms with Crippen LogP contribution in [-0.2, 0) is 4.74 Å². The standard InChI is InChI=1S/C17H14ClN3O3/c18-15-8-13(2-1-12(15)9-19)21-17(22)11-3-5-20-16(7-11)24-14-4-6-23-10-14/h1-3,5,7-8,14H,4,6,10H2,(H,21,22). The van der Waals surface area contributed by atoms with Gasteiger partial charge >= 0.3 is 0 Å². The highest BCUT2D eigenvalue weighted by atomic mass is 35.5. The highest BCUT2D eigenvalue weighted by molar-refractivity contribution is 6.32. The summed E-state index contributed by atoms with van der Waals surface area (Å²) < 4.78 is 10.9. The molecule has 1 atom stereocenters. The molecule has 1 aliphatic heterocycles. The summed E-state index contributed by atoms with van der Waals surface area (Å²) in [6, 6.07) is 9.86. The second kappa shape index (κ2) is 7.30. The van der Waals surface area contributed by atoms with Crippen LogP contribution in [0.1, 0.15) is 22.3 Å². The van der Waals surface area contributed by atoms with Crippen molar-refractivity contribution in [1.29, 1.82) is 5.26 Å². The van der Waals surface area contributed by atoms with E-state index in [-0.39, 0.29) is 17.0 Å². The molecule has 1 N–H and O–H groups in total. The number of nitriles is 1. The number of hydrogen-bond acceptors (Lipinski definition) is 5. The van der Waals surface area contributed by atoms with Crippen molar-refractivity contribution in [2.45, 2.75) is 12.5 Å². The van der Waals surface area contributed by atoms with Crippen molar-refractivity contribution in [2.75, 3.05) is 18.5 Å². The van der Waals surface area contributed by atoms with Crippen molar-refractivity contribution in [1.82, 2.24) is 4.98 Å². The van der Waals surface area contributed by atoms with Gasteiger partial charge in [-0.15, -0.1) is 0 Å². The van der Waals surface area contributed by atoms with E-state index in [1.54, 1.807) is 24.3 Å². The lowest BCUT2D eigenvalue weighted by Gasteiger charge is -2.11. The number of amides is 1. The summed E-state index contributed by atoms with van der Waals surface area (Å²) in [5, 5.41) is 11.9. The lowest BCUT2D eigenvalue weighted by atomic mass is 10.2. The zero-order chi connectivity index (χ0) is 16.9. The van der Waals surface area contributed by atoms with Crippen LogP contribution in [0.3, 0.4) is 0 Å². The topological polar surface area (TPSA) is 84.2 Å². The number of anilines is 1. The van der Waals surface area contributed by atoms with E-state index in [9.17, 15) is 4.79 Å². The van der Waals surface area contributed by atoms with Gasteiger partial charge in [-0.05, 0) is 24.3 Å². The minimum Gasteiger partial charge on any atom is -0.472 e. The summed E-state index contributed by atoms with van der Waals surface area (Å²) in [7, 11) is 0. The molecule has 0 spiro atoms. The van der Waals surface area contributed by atoms with Crippen LogP contribution in [0.25, 0.3) is 0 Å². The van der Waals surface area contributed by atoms with Crippen LogP contribution in [0.5, 0.6) is 5.88 Å². The number of halogens is 1. The van der Waals surface area contributed by atoms with Gasteiger partial charge in [0.25, 0.3) is 5.91 Å². The molecule has 122 valence electrons. The summed E-state index contributed by atoms with van der Waals surface area (Å²) in [5.41, 5.74) is 1.28. The van der Waals surface area contributed by atoms with Crippen molar-refractivity contribution in [2.24, 2.45) is 0 Å². The molecule has 0 radical (unpaired) electrons. The van der Waals surface area contributed by atoms with Gasteiger partial charge in [-0.25, -0.2) is 4.98 Å². The number of nitrogens with one attached hydrogen (secondary N) is 1. The first-order valence-electron chi connectivity index (χ1n) is 7.37. The zero-order valence-electron chi connectivity index (χ0n) is 12.7. The van der Waals surface area contributed by atoms with Crippen molar-refractivity contribution >= 4 is 23.2 Å². The second-order valence-electron chi connectivity index (χ2n) is 5.25. The molecule has 1 aromatic heterocycles. The quantitative estimate of drug-likeness (QED) is 0.922. The Labute approximate surface area is 144 Å². The Bertz CT molecular complexity index is 798. The van der Waals surface area contributed by atoms with E-state index in [2.05, 4.69) is 10.3 Å². The number of rotatable bonds is 4. The van der Waals surface area contributed by atoms with Gasteiger partial charge in [0.15, 0.2) is 0 Å². The first kappa shape index (κ1) is 16.2.